The van der Waals surface area contributed by atoms with Gasteiger partial charge in [0.2, 0.25) is 5.91 Å². The fourth-order valence-corrected chi connectivity index (χ4v) is 4.74. The standard InChI is InChI=1S/C24H25F3N6O3/c1-23(2,3)36-22(35)32-9-8-13(11-32)33-16-7-5-4-6-14(16)19(31-33)20-18-15(24(25,26)27)10-17(34)30-21(18)29-12-28-20/h4-7,12-13,15H,8-11H2,1-3H3,(H,28,29,30,34)/t13?,15-/m1/s1. The van der Waals surface area contributed by atoms with E-state index < -0.39 is 36.1 Å². The van der Waals surface area contributed by atoms with Crippen molar-refractivity contribution < 1.29 is 27.5 Å². The summed E-state index contributed by atoms with van der Waals surface area (Å²) in [6.45, 7) is 6.21. The van der Waals surface area contributed by atoms with E-state index in [0.717, 1.165) is 6.33 Å². The van der Waals surface area contributed by atoms with Gasteiger partial charge in [-0.3, -0.25) is 9.48 Å². The molecule has 3 aromatic rings. The van der Waals surface area contributed by atoms with Crippen LogP contribution < -0.4 is 5.32 Å². The van der Waals surface area contributed by atoms with E-state index in [9.17, 15) is 22.8 Å². The van der Waals surface area contributed by atoms with Gasteiger partial charge in [-0.2, -0.15) is 18.3 Å². The summed E-state index contributed by atoms with van der Waals surface area (Å²) in [4.78, 5) is 34.2. The number of fused-ring (bicyclic) bond motifs is 2. The fourth-order valence-electron chi connectivity index (χ4n) is 4.74. The van der Waals surface area contributed by atoms with Crippen LogP contribution in [0.3, 0.4) is 0 Å². The predicted octanol–water partition coefficient (Wildman–Crippen LogP) is 4.66. The highest BCUT2D eigenvalue weighted by Crippen LogP contribution is 2.46. The third-order valence-corrected chi connectivity index (χ3v) is 6.27. The largest absolute Gasteiger partial charge is 0.444 e. The summed E-state index contributed by atoms with van der Waals surface area (Å²) in [5.74, 6) is -2.96. The van der Waals surface area contributed by atoms with Gasteiger partial charge in [-0.25, -0.2) is 14.8 Å². The van der Waals surface area contributed by atoms with Crippen LogP contribution in [0.25, 0.3) is 22.3 Å². The van der Waals surface area contributed by atoms with Crippen molar-refractivity contribution >= 4 is 28.7 Å². The number of nitrogens with zero attached hydrogens (tertiary/aromatic N) is 5. The number of para-hydroxylation sites is 1. The lowest BCUT2D eigenvalue weighted by Gasteiger charge is -2.27. The fraction of sp³-hybridized carbons (Fsp3) is 0.458. The first-order valence-electron chi connectivity index (χ1n) is 11.6. The SMILES string of the molecule is CC(C)(C)OC(=O)N1CCC(n2nc(-c3ncnc4c3[C@H](C(F)(F)F)CC(=O)N4)c3ccccc32)C1. The summed E-state index contributed by atoms with van der Waals surface area (Å²) < 4.78 is 49.2. The number of likely N-dealkylation sites (tertiary alicyclic amines) is 1. The number of aromatic nitrogens is 4. The zero-order valence-corrected chi connectivity index (χ0v) is 20.0. The molecular formula is C24H25F3N6O3. The van der Waals surface area contributed by atoms with Crippen LogP contribution in [-0.4, -0.2) is 61.5 Å². The summed E-state index contributed by atoms with van der Waals surface area (Å²) in [7, 11) is 0. The molecule has 9 nitrogen and oxygen atoms in total. The molecule has 4 heterocycles. The number of rotatable bonds is 2. The van der Waals surface area contributed by atoms with E-state index in [0.29, 0.717) is 30.4 Å². The quantitative estimate of drug-likeness (QED) is 0.547. The monoisotopic (exact) mass is 502 g/mol. The second-order valence-corrected chi connectivity index (χ2v) is 10.0. The molecule has 5 rings (SSSR count). The number of anilines is 1. The Morgan fingerprint density at radius 1 is 1.14 bits per heavy atom. The third-order valence-electron chi connectivity index (χ3n) is 6.27. The maximum atomic E-state index is 14.0. The average molecular weight is 502 g/mol. The van der Waals surface area contributed by atoms with Crippen LogP contribution in [0.15, 0.2) is 30.6 Å². The molecule has 12 heteroatoms. The Labute approximate surface area is 204 Å². The Bertz CT molecular complexity index is 1350. The predicted molar refractivity (Wildman–Crippen MR) is 124 cm³/mol. The smallest absolute Gasteiger partial charge is 0.410 e. The number of benzene rings is 1. The molecule has 2 aromatic heterocycles. The number of hydrogen-bond acceptors (Lipinski definition) is 6. The first-order chi connectivity index (χ1) is 16.9. The van der Waals surface area contributed by atoms with E-state index in [1.165, 1.54) is 0 Å². The lowest BCUT2D eigenvalue weighted by molar-refractivity contribution is -0.156. The minimum atomic E-state index is -4.66. The molecule has 1 fully saturated rings. The highest BCUT2D eigenvalue weighted by Gasteiger charge is 2.48. The lowest BCUT2D eigenvalue weighted by Crippen LogP contribution is -2.35. The molecule has 1 saturated heterocycles. The van der Waals surface area contributed by atoms with Crippen molar-refractivity contribution in [1.82, 2.24) is 24.6 Å². The number of hydrogen-bond donors (Lipinski definition) is 1. The summed E-state index contributed by atoms with van der Waals surface area (Å²) in [5.41, 5.74) is 0.183. The summed E-state index contributed by atoms with van der Waals surface area (Å²) in [6.07, 6.45) is -4.10. The molecule has 2 aliphatic rings. The summed E-state index contributed by atoms with van der Waals surface area (Å²) in [5, 5.41) is 7.77. The van der Waals surface area contributed by atoms with Crippen LogP contribution in [0.2, 0.25) is 0 Å². The van der Waals surface area contributed by atoms with E-state index in [1.807, 2.05) is 12.1 Å². The molecule has 2 amide bonds. The number of carbonyl (C=O) groups excluding carboxylic acids is 2. The highest BCUT2D eigenvalue weighted by molar-refractivity contribution is 5.98. The van der Waals surface area contributed by atoms with E-state index >= 15 is 0 Å². The average Bonchev–Trinajstić information content (AvgIpc) is 3.41. The molecule has 2 aliphatic heterocycles. The van der Waals surface area contributed by atoms with Crippen LogP contribution in [-0.2, 0) is 9.53 Å². The number of ether oxygens (including phenoxy) is 1. The van der Waals surface area contributed by atoms with E-state index in [-0.39, 0.29) is 28.8 Å². The molecule has 0 aliphatic carbocycles. The van der Waals surface area contributed by atoms with Gasteiger partial charge in [-0.05, 0) is 33.3 Å². The van der Waals surface area contributed by atoms with E-state index in [2.05, 4.69) is 15.3 Å². The first kappa shape index (κ1) is 24.0. The van der Waals surface area contributed by atoms with Crippen molar-refractivity contribution in [2.75, 3.05) is 18.4 Å². The number of alkyl halides is 3. The van der Waals surface area contributed by atoms with Crippen molar-refractivity contribution in [2.45, 2.75) is 57.3 Å². The molecule has 1 aromatic carbocycles. The second-order valence-electron chi connectivity index (χ2n) is 10.0. The van der Waals surface area contributed by atoms with Crippen molar-refractivity contribution in [2.24, 2.45) is 0 Å². The molecule has 190 valence electrons. The number of nitrogens with one attached hydrogen (secondary N) is 1. The number of halogens is 3. The van der Waals surface area contributed by atoms with Gasteiger partial charge in [-0.15, -0.1) is 0 Å². The second kappa shape index (κ2) is 8.45. The Morgan fingerprint density at radius 3 is 2.61 bits per heavy atom. The summed E-state index contributed by atoms with van der Waals surface area (Å²) in [6, 6.07) is 6.99. The molecule has 36 heavy (non-hydrogen) atoms. The van der Waals surface area contributed by atoms with Gasteiger partial charge in [0.25, 0.3) is 0 Å². The minimum absolute atomic E-state index is 0.0271. The molecule has 0 bridgehead atoms. The van der Waals surface area contributed by atoms with Crippen molar-refractivity contribution in [3.63, 3.8) is 0 Å². The van der Waals surface area contributed by atoms with Crippen molar-refractivity contribution in [3.05, 3.63) is 36.2 Å². The zero-order valence-electron chi connectivity index (χ0n) is 20.0. The molecular weight excluding hydrogens is 477 g/mol. The van der Waals surface area contributed by atoms with Crippen LogP contribution in [0.1, 0.15) is 51.1 Å². The topological polar surface area (TPSA) is 102 Å². The molecule has 2 atom stereocenters. The molecule has 0 radical (unpaired) electrons. The van der Waals surface area contributed by atoms with Crippen LogP contribution in [0.4, 0.5) is 23.8 Å². The zero-order chi connectivity index (χ0) is 25.8. The van der Waals surface area contributed by atoms with Gasteiger partial charge in [0, 0.05) is 30.5 Å². The Morgan fingerprint density at radius 2 is 1.89 bits per heavy atom. The molecule has 0 saturated carbocycles. The highest BCUT2D eigenvalue weighted by atomic mass is 19.4. The van der Waals surface area contributed by atoms with Gasteiger partial charge in [0.15, 0.2) is 0 Å². The third kappa shape index (κ3) is 4.35. The van der Waals surface area contributed by atoms with Gasteiger partial charge < -0.3 is 15.0 Å². The van der Waals surface area contributed by atoms with Gasteiger partial charge in [0.1, 0.15) is 29.1 Å². The van der Waals surface area contributed by atoms with E-state index in [4.69, 9.17) is 9.84 Å². The first-order valence-corrected chi connectivity index (χ1v) is 11.6. The maximum Gasteiger partial charge on any atom is 0.410 e. The summed E-state index contributed by atoms with van der Waals surface area (Å²) >= 11 is 0. The van der Waals surface area contributed by atoms with Crippen LogP contribution >= 0.6 is 0 Å². The Kier molecular flexibility index (Phi) is 5.64. The maximum absolute atomic E-state index is 14.0. The van der Waals surface area contributed by atoms with Gasteiger partial charge in [-0.1, -0.05) is 18.2 Å². The van der Waals surface area contributed by atoms with Gasteiger partial charge in [0.05, 0.1) is 17.5 Å². The molecule has 1 unspecified atom stereocenters. The lowest BCUT2D eigenvalue weighted by atomic mass is 9.89. The normalized spacial score (nSPS) is 20.4. The van der Waals surface area contributed by atoms with Crippen LogP contribution in [0.5, 0.6) is 0 Å². The minimum Gasteiger partial charge on any atom is -0.444 e. The molecule has 1 N–H and O–H groups in total. The van der Waals surface area contributed by atoms with E-state index in [1.54, 1.807) is 42.5 Å². The van der Waals surface area contributed by atoms with Gasteiger partial charge >= 0.3 is 12.3 Å². The molecule has 0 spiro atoms. The van der Waals surface area contributed by atoms with Crippen LogP contribution in [0, 0.1) is 0 Å². The van der Waals surface area contributed by atoms with Crippen molar-refractivity contribution in [1.29, 1.82) is 0 Å². The number of carbonyl (C=O) groups is 2. The Hall–Kier alpha value is -3.70. The number of amides is 2. The van der Waals surface area contributed by atoms with Crippen molar-refractivity contribution in [3.8, 4) is 11.4 Å². The Balaban J connectivity index is 1.57.